The van der Waals surface area contributed by atoms with E-state index in [1.165, 1.54) is 18.2 Å². The number of alkyl halides is 1. The Labute approximate surface area is 344 Å². The molecule has 3 aliphatic heterocycles. The van der Waals surface area contributed by atoms with E-state index < -0.39 is 110 Å². The minimum atomic E-state index is -1.76. The smallest absolute Gasteiger partial charge is 0.338 e. The Morgan fingerprint density at radius 2 is 1.29 bits per heavy atom. The van der Waals surface area contributed by atoms with Crippen LogP contribution in [-0.4, -0.2) is 117 Å². The van der Waals surface area contributed by atoms with Gasteiger partial charge in [0, 0.05) is 19.4 Å². The lowest BCUT2D eigenvalue weighted by molar-refractivity contribution is -0.390. The first kappa shape index (κ1) is 43.4. The van der Waals surface area contributed by atoms with Gasteiger partial charge in [-0.25, -0.2) is 9.59 Å². The van der Waals surface area contributed by atoms with Gasteiger partial charge >= 0.3 is 29.8 Å². The lowest BCUT2D eigenvalue weighted by Gasteiger charge is -2.51. The van der Waals surface area contributed by atoms with Crippen LogP contribution >= 0.6 is 11.6 Å². The van der Waals surface area contributed by atoms with Crippen molar-refractivity contribution in [2.75, 3.05) is 25.7 Å². The van der Waals surface area contributed by atoms with Gasteiger partial charge in [-0.1, -0.05) is 72.8 Å². The van der Waals surface area contributed by atoms with E-state index in [0.29, 0.717) is 5.56 Å². The van der Waals surface area contributed by atoms with Gasteiger partial charge in [0.25, 0.3) is 0 Å². The van der Waals surface area contributed by atoms with Gasteiger partial charge in [0.15, 0.2) is 43.3 Å². The summed E-state index contributed by atoms with van der Waals surface area (Å²) in [5, 5.41) is 0. The highest BCUT2D eigenvalue weighted by Crippen LogP contribution is 2.40. The third-order valence-electron chi connectivity index (χ3n) is 9.25. The highest BCUT2D eigenvalue weighted by molar-refractivity contribution is 6.26. The molecule has 0 N–H and O–H groups in total. The number of hydrogen-bond acceptors (Lipinski definition) is 16. The predicted octanol–water partition coefficient (Wildman–Crippen LogP) is 4.23. The van der Waals surface area contributed by atoms with Crippen LogP contribution in [0.1, 0.15) is 46.4 Å². The summed E-state index contributed by atoms with van der Waals surface area (Å²) in [6.45, 7) is 5.33. The zero-order valence-electron chi connectivity index (χ0n) is 32.0. The maximum atomic E-state index is 13.8. The number of fused-ring (bicyclic) bond motifs is 1. The van der Waals surface area contributed by atoms with Crippen LogP contribution < -0.4 is 0 Å². The molecule has 314 valence electrons. The number of carbonyl (C=O) groups excluding carboxylic acids is 5. The molecule has 3 saturated heterocycles. The number of carbonyl (C=O) groups is 5. The number of esters is 5. The molecule has 6 rings (SSSR count). The molecule has 0 saturated carbocycles. The van der Waals surface area contributed by atoms with Gasteiger partial charge in [-0.05, 0) is 24.3 Å². The minimum Gasteiger partial charge on any atom is -0.463 e. The fourth-order valence-electron chi connectivity index (χ4n) is 6.69. The molecule has 0 bridgehead atoms. The predicted molar refractivity (Wildman–Crippen MR) is 202 cm³/mol. The highest BCUT2D eigenvalue weighted by atomic mass is 35.5. The maximum Gasteiger partial charge on any atom is 0.338 e. The van der Waals surface area contributed by atoms with Gasteiger partial charge in [0.05, 0.1) is 24.3 Å². The van der Waals surface area contributed by atoms with E-state index >= 15 is 0 Å². The SMILES string of the molecule is C=CCO[C@H]1O[C@@H]2CO[C@@H](c3ccccc3)O[C@H]2[C@H](O[C@@H]2O[C@H](COC(C)=O)[C@@H](OC(C)=O)[C@H](OC(=O)CCl)[C@H]2OC(=O)c2ccccc2)[C@H]1OC(=O)c1ccccc1. The van der Waals surface area contributed by atoms with Crippen molar-refractivity contribution < 1.29 is 76.1 Å². The van der Waals surface area contributed by atoms with Gasteiger partial charge in [0.1, 0.15) is 36.9 Å². The van der Waals surface area contributed by atoms with Crippen molar-refractivity contribution in [3.63, 3.8) is 0 Å². The number of halogens is 1. The first-order chi connectivity index (χ1) is 28.6. The van der Waals surface area contributed by atoms with Crippen molar-refractivity contribution in [3.05, 3.63) is 120 Å². The molecule has 0 aliphatic carbocycles. The molecule has 3 heterocycles. The number of rotatable bonds is 15. The zero-order chi connectivity index (χ0) is 41.9. The van der Waals surface area contributed by atoms with Crippen molar-refractivity contribution in [2.45, 2.75) is 81.5 Å². The van der Waals surface area contributed by atoms with Gasteiger partial charge in [-0.15, -0.1) is 18.2 Å². The van der Waals surface area contributed by atoms with E-state index in [1.54, 1.807) is 72.8 Å². The molecule has 16 nitrogen and oxygen atoms in total. The average molecular weight is 839 g/mol. The van der Waals surface area contributed by atoms with Gasteiger partial charge in [-0.2, -0.15) is 0 Å². The molecule has 3 aromatic rings. The van der Waals surface area contributed by atoms with E-state index in [-0.39, 0.29) is 24.3 Å². The molecule has 11 atom stereocenters. The summed E-state index contributed by atoms with van der Waals surface area (Å²) in [5.41, 5.74) is 0.931. The van der Waals surface area contributed by atoms with Crippen LogP contribution in [0.15, 0.2) is 104 Å². The molecule has 0 unspecified atom stereocenters. The van der Waals surface area contributed by atoms with E-state index in [0.717, 1.165) is 13.8 Å². The summed E-state index contributed by atoms with van der Waals surface area (Å²) in [7, 11) is 0. The first-order valence-electron chi connectivity index (χ1n) is 18.6. The third kappa shape index (κ3) is 11.1. The fourth-order valence-corrected chi connectivity index (χ4v) is 6.75. The molecule has 0 amide bonds. The van der Waals surface area contributed by atoms with Crippen molar-refractivity contribution in [2.24, 2.45) is 0 Å². The maximum absolute atomic E-state index is 13.8. The monoisotopic (exact) mass is 838 g/mol. The average Bonchev–Trinajstić information content (AvgIpc) is 3.25. The summed E-state index contributed by atoms with van der Waals surface area (Å²) >= 11 is 5.89. The molecule has 3 fully saturated rings. The molecule has 59 heavy (non-hydrogen) atoms. The van der Waals surface area contributed by atoms with Crippen molar-refractivity contribution in [1.29, 1.82) is 0 Å². The topological polar surface area (TPSA) is 187 Å². The molecule has 0 radical (unpaired) electrons. The lowest BCUT2D eigenvalue weighted by atomic mass is 9.95. The Kier molecular flexibility index (Phi) is 15.2. The van der Waals surface area contributed by atoms with Crippen LogP contribution in [0.2, 0.25) is 0 Å². The Morgan fingerprint density at radius 3 is 1.85 bits per heavy atom. The Morgan fingerprint density at radius 1 is 0.695 bits per heavy atom. The zero-order valence-corrected chi connectivity index (χ0v) is 32.8. The second-order valence-corrected chi connectivity index (χ2v) is 13.7. The van der Waals surface area contributed by atoms with Gasteiger partial charge < -0.3 is 52.1 Å². The van der Waals surface area contributed by atoms with Crippen LogP contribution in [0.5, 0.6) is 0 Å². The van der Waals surface area contributed by atoms with Crippen LogP contribution in [-0.2, 0) is 66.5 Å². The van der Waals surface area contributed by atoms with E-state index in [2.05, 4.69) is 6.58 Å². The second-order valence-electron chi connectivity index (χ2n) is 13.4. The Hall–Kier alpha value is -5.20. The normalized spacial score (nSPS) is 28.8. The van der Waals surface area contributed by atoms with Crippen LogP contribution in [0.4, 0.5) is 0 Å². The molecular formula is C42H43ClO16. The van der Waals surface area contributed by atoms with E-state index in [9.17, 15) is 24.0 Å². The summed E-state index contributed by atoms with van der Waals surface area (Å²) in [5.74, 6) is -4.88. The summed E-state index contributed by atoms with van der Waals surface area (Å²) in [4.78, 5) is 65.2. The fraction of sp³-hybridized carbons (Fsp3) is 0.405. The summed E-state index contributed by atoms with van der Waals surface area (Å²) in [6, 6.07) is 25.0. The van der Waals surface area contributed by atoms with Crippen LogP contribution in [0.3, 0.4) is 0 Å². The minimum absolute atomic E-state index is 0.0467. The lowest BCUT2D eigenvalue weighted by Crippen LogP contribution is -2.68. The third-order valence-corrected chi connectivity index (χ3v) is 9.47. The van der Waals surface area contributed by atoms with Crippen LogP contribution in [0.25, 0.3) is 0 Å². The van der Waals surface area contributed by atoms with Gasteiger partial charge in [0.2, 0.25) is 0 Å². The molecular weight excluding hydrogens is 796 g/mol. The molecule has 3 aliphatic rings. The van der Waals surface area contributed by atoms with Crippen molar-refractivity contribution in [1.82, 2.24) is 0 Å². The van der Waals surface area contributed by atoms with Crippen LogP contribution in [0, 0.1) is 0 Å². The molecule has 0 aromatic heterocycles. The van der Waals surface area contributed by atoms with Gasteiger partial charge in [-0.3, -0.25) is 14.4 Å². The van der Waals surface area contributed by atoms with E-state index in [1.807, 2.05) is 6.07 Å². The van der Waals surface area contributed by atoms with Crippen molar-refractivity contribution >= 4 is 41.4 Å². The Bertz CT molecular complexity index is 1900. The molecule has 3 aromatic carbocycles. The largest absolute Gasteiger partial charge is 0.463 e. The van der Waals surface area contributed by atoms with E-state index in [4.69, 9.17) is 63.7 Å². The van der Waals surface area contributed by atoms with Crippen molar-refractivity contribution in [3.8, 4) is 0 Å². The summed E-state index contributed by atoms with van der Waals surface area (Å²) < 4.78 is 66.9. The second kappa shape index (κ2) is 20.7. The quantitative estimate of drug-likeness (QED) is 0.0915. The number of benzene rings is 3. The highest BCUT2D eigenvalue weighted by Gasteiger charge is 2.58. The number of hydrogen-bond donors (Lipinski definition) is 0. The number of ether oxygens (including phenoxy) is 11. The Balaban J connectivity index is 1.46. The first-order valence-corrected chi connectivity index (χ1v) is 19.2. The molecule has 17 heteroatoms. The summed E-state index contributed by atoms with van der Waals surface area (Å²) in [6.07, 6.45) is -13.7. The standard InChI is InChI=1S/C42H43ClO16/c1-4-20-49-41-36(56-38(47)26-14-8-5-9-15-26)35(33-30(53-41)23-51-40(58-33)28-18-12-7-13-19-28)59-42-37(57-39(48)27-16-10-6-11-17-27)34(55-31(46)21-43)32(52-25(3)45)29(54-42)22-50-24(2)44/h4-19,29-30,32-37,40-42H,1,20-23H2,2-3H3/t29-,30-,32-,33-,34+,35+,36-,37-,40-,41+,42+/m1/s1. The molecule has 0 spiro atoms.